The molecule has 0 radical (unpaired) electrons. The van der Waals surface area contributed by atoms with E-state index in [1.54, 1.807) is 12.1 Å². The molecule has 148 valence electrons. The second-order valence-electron chi connectivity index (χ2n) is 6.80. The number of piperidine rings is 1. The zero-order chi connectivity index (χ0) is 19.3. The number of likely N-dealkylation sites (tertiary alicyclic amines) is 1. The number of rotatable bonds is 8. The first kappa shape index (κ1) is 20.2. The molecule has 3 rings (SSSR count). The highest BCUT2D eigenvalue weighted by Crippen LogP contribution is 2.23. The van der Waals surface area contributed by atoms with E-state index < -0.39 is 10.0 Å². The molecule has 1 aromatic heterocycles. The molecule has 1 aliphatic heterocycles. The van der Waals surface area contributed by atoms with Gasteiger partial charge < -0.3 is 4.74 Å². The van der Waals surface area contributed by atoms with E-state index in [4.69, 9.17) is 4.74 Å². The first-order valence-electron chi connectivity index (χ1n) is 9.20. The Hall–Kier alpha value is -1.55. The molecule has 0 spiro atoms. The minimum atomic E-state index is -3.46. The van der Waals surface area contributed by atoms with Gasteiger partial charge in [-0.15, -0.1) is 10.2 Å². The maximum Gasteiger partial charge on any atom is 0.294 e. The molecule has 0 amide bonds. The van der Waals surface area contributed by atoms with Crippen LogP contribution in [0.15, 0.2) is 29.2 Å². The number of hydrogen-bond acceptors (Lipinski definition) is 7. The molecule has 0 aliphatic carbocycles. The summed E-state index contributed by atoms with van der Waals surface area (Å²) in [5.41, 5.74) is 1.04. The average molecular weight is 411 g/mol. The summed E-state index contributed by atoms with van der Waals surface area (Å²) in [6.45, 7) is 7.47. The number of aromatic nitrogens is 2. The van der Waals surface area contributed by atoms with Gasteiger partial charge in [-0.25, -0.2) is 13.1 Å². The molecule has 1 aliphatic rings. The molecule has 1 N–H and O–H groups in total. The van der Waals surface area contributed by atoms with E-state index >= 15 is 0 Å². The molecule has 0 bridgehead atoms. The van der Waals surface area contributed by atoms with Crippen molar-refractivity contribution in [2.24, 2.45) is 5.92 Å². The quantitative estimate of drug-likeness (QED) is 0.720. The van der Waals surface area contributed by atoms with Crippen LogP contribution in [0.5, 0.6) is 5.19 Å². The fourth-order valence-corrected chi connectivity index (χ4v) is 5.07. The SMILES string of the molecule is CCOc1nnc(CN2CCCC(CNS(=O)(=O)c3ccc(C)cc3)C2)s1. The second-order valence-corrected chi connectivity index (χ2v) is 9.59. The Balaban J connectivity index is 1.52. The standard InChI is InChI=1S/C18H26N4O3S2/c1-3-25-18-21-20-17(26-18)13-22-10-4-5-15(12-22)11-19-27(23,24)16-8-6-14(2)7-9-16/h6-9,15,19H,3-5,10-13H2,1-2H3. The van der Waals surface area contributed by atoms with Gasteiger partial charge >= 0.3 is 0 Å². The van der Waals surface area contributed by atoms with Crippen LogP contribution in [0.25, 0.3) is 0 Å². The summed E-state index contributed by atoms with van der Waals surface area (Å²) in [7, 11) is -3.46. The lowest BCUT2D eigenvalue weighted by molar-refractivity contribution is 0.168. The largest absolute Gasteiger partial charge is 0.469 e. The van der Waals surface area contributed by atoms with Crippen molar-refractivity contribution in [1.29, 1.82) is 0 Å². The van der Waals surface area contributed by atoms with Gasteiger partial charge in [-0.3, -0.25) is 4.90 Å². The predicted octanol–water partition coefficient (Wildman–Crippen LogP) is 2.44. The van der Waals surface area contributed by atoms with Crippen LogP contribution in [-0.4, -0.2) is 49.8 Å². The zero-order valence-corrected chi connectivity index (χ0v) is 17.4. The molecule has 1 fully saturated rings. The van der Waals surface area contributed by atoms with Crippen LogP contribution in [-0.2, 0) is 16.6 Å². The van der Waals surface area contributed by atoms with Crippen molar-refractivity contribution in [3.05, 3.63) is 34.8 Å². The number of hydrogen-bond donors (Lipinski definition) is 1. The van der Waals surface area contributed by atoms with E-state index in [0.29, 0.717) is 29.2 Å². The summed E-state index contributed by atoms with van der Waals surface area (Å²) >= 11 is 1.47. The van der Waals surface area contributed by atoms with E-state index in [0.717, 1.165) is 43.0 Å². The summed E-state index contributed by atoms with van der Waals surface area (Å²) in [4.78, 5) is 2.63. The van der Waals surface area contributed by atoms with Crippen LogP contribution in [0.4, 0.5) is 0 Å². The van der Waals surface area contributed by atoms with Crippen molar-refractivity contribution in [2.45, 2.75) is 38.1 Å². The molecule has 27 heavy (non-hydrogen) atoms. The van der Waals surface area contributed by atoms with Gasteiger partial charge in [-0.05, 0) is 51.3 Å². The Morgan fingerprint density at radius 1 is 1.30 bits per heavy atom. The molecule has 0 saturated carbocycles. The van der Waals surface area contributed by atoms with Gasteiger partial charge in [-0.1, -0.05) is 29.0 Å². The van der Waals surface area contributed by atoms with Gasteiger partial charge in [0, 0.05) is 13.1 Å². The lowest BCUT2D eigenvalue weighted by Crippen LogP contribution is -2.40. The third-order valence-corrected chi connectivity index (χ3v) is 6.83. The Bertz CT molecular complexity index is 837. The topological polar surface area (TPSA) is 84.4 Å². The predicted molar refractivity (Wildman–Crippen MR) is 105 cm³/mol. The third kappa shape index (κ3) is 5.71. The van der Waals surface area contributed by atoms with Crippen LogP contribution in [0, 0.1) is 12.8 Å². The molecule has 1 atom stereocenters. The summed E-state index contributed by atoms with van der Waals surface area (Å²) in [6, 6.07) is 6.93. The average Bonchev–Trinajstić information content (AvgIpc) is 3.08. The normalized spacial score (nSPS) is 18.5. The molecular weight excluding hydrogens is 384 g/mol. The van der Waals surface area contributed by atoms with Crippen LogP contribution in [0.3, 0.4) is 0 Å². The van der Waals surface area contributed by atoms with Crippen LogP contribution < -0.4 is 9.46 Å². The van der Waals surface area contributed by atoms with E-state index in [9.17, 15) is 8.42 Å². The maximum absolute atomic E-state index is 12.5. The van der Waals surface area contributed by atoms with Crippen molar-refractivity contribution in [3.8, 4) is 5.19 Å². The molecule has 1 aromatic carbocycles. The highest BCUT2D eigenvalue weighted by molar-refractivity contribution is 7.89. The molecular formula is C18H26N4O3S2. The van der Waals surface area contributed by atoms with Crippen molar-refractivity contribution in [1.82, 2.24) is 19.8 Å². The molecule has 2 heterocycles. The lowest BCUT2D eigenvalue weighted by atomic mass is 9.98. The van der Waals surface area contributed by atoms with Gasteiger partial charge in [0.2, 0.25) is 10.0 Å². The van der Waals surface area contributed by atoms with E-state index in [1.807, 2.05) is 26.0 Å². The number of ether oxygens (including phenoxy) is 1. The number of benzene rings is 1. The first-order chi connectivity index (χ1) is 13.0. The number of nitrogens with zero attached hydrogens (tertiary/aromatic N) is 3. The number of nitrogens with one attached hydrogen (secondary N) is 1. The Labute approximate surface area is 164 Å². The Morgan fingerprint density at radius 2 is 2.07 bits per heavy atom. The Kier molecular flexibility index (Phi) is 6.80. The highest BCUT2D eigenvalue weighted by Gasteiger charge is 2.23. The van der Waals surface area contributed by atoms with Crippen molar-refractivity contribution < 1.29 is 13.2 Å². The summed E-state index contributed by atoms with van der Waals surface area (Å²) in [6.07, 6.45) is 2.07. The molecule has 2 aromatic rings. The van der Waals surface area contributed by atoms with E-state index in [2.05, 4.69) is 19.8 Å². The fourth-order valence-electron chi connectivity index (χ4n) is 3.17. The summed E-state index contributed by atoms with van der Waals surface area (Å²) in [5.74, 6) is 0.290. The highest BCUT2D eigenvalue weighted by atomic mass is 32.2. The summed E-state index contributed by atoms with van der Waals surface area (Å²) in [5, 5.41) is 9.74. The van der Waals surface area contributed by atoms with Crippen LogP contribution in [0.2, 0.25) is 0 Å². The lowest BCUT2D eigenvalue weighted by Gasteiger charge is -2.32. The number of aryl methyl sites for hydroxylation is 1. The first-order valence-corrected chi connectivity index (χ1v) is 11.5. The third-order valence-electron chi connectivity index (χ3n) is 4.57. The van der Waals surface area contributed by atoms with Crippen molar-refractivity contribution in [2.75, 3.05) is 26.2 Å². The zero-order valence-electron chi connectivity index (χ0n) is 15.7. The van der Waals surface area contributed by atoms with Crippen molar-refractivity contribution in [3.63, 3.8) is 0 Å². The monoisotopic (exact) mass is 410 g/mol. The fraction of sp³-hybridized carbons (Fsp3) is 0.556. The second kappa shape index (κ2) is 9.09. The Morgan fingerprint density at radius 3 is 2.81 bits per heavy atom. The molecule has 1 unspecified atom stereocenters. The van der Waals surface area contributed by atoms with E-state index in [-0.39, 0.29) is 0 Å². The molecule has 7 nitrogen and oxygen atoms in total. The van der Waals surface area contributed by atoms with Gasteiger partial charge in [0.1, 0.15) is 5.01 Å². The minimum absolute atomic E-state index is 0.290. The van der Waals surface area contributed by atoms with Gasteiger partial charge in [-0.2, -0.15) is 0 Å². The molecule has 9 heteroatoms. The number of sulfonamides is 1. The smallest absolute Gasteiger partial charge is 0.294 e. The summed E-state index contributed by atoms with van der Waals surface area (Å²) < 4.78 is 33.1. The maximum atomic E-state index is 12.5. The van der Waals surface area contributed by atoms with Crippen molar-refractivity contribution >= 4 is 21.4 Å². The van der Waals surface area contributed by atoms with Gasteiger partial charge in [0.25, 0.3) is 5.19 Å². The van der Waals surface area contributed by atoms with E-state index in [1.165, 1.54) is 11.3 Å². The van der Waals surface area contributed by atoms with Gasteiger partial charge in [0.15, 0.2) is 0 Å². The van der Waals surface area contributed by atoms with Crippen LogP contribution >= 0.6 is 11.3 Å². The minimum Gasteiger partial charge on any atom is -0.469 e. The van der Waals surface area contributed by atoms with Gasteiger partial charge in [0.05, 0.1) is 18.0 Å². The molecule has 1 saturated heterocycles. The van der Waals surface area contributed by atoms with Crippen LogP contribution in [0.1, 0.15) is 30.3 Å².